The monoisotopic (exact) mass is 688 g/mol. The Morgan fingerprint density at radius 3 is 2.29 bits per heavy atom. The van der Waals surface area contributed by atoms with Crippen molar-refractivity contribution in [2.75, 3.05) is 47.2 Å². The third kappa shape index (κ3) is 10.8. The third-order valence-corrected chi connectivity index (χ3v) is 7.50. The van der Waals surface area contributed by atoms with Crippen LogP contribution < -0.4 is 10.1 Å². The second-order valence-electron chi connectivity index (χ2n) is 10.9. The fourth-order valence-corrected chi connectivity index (χ4v) is 4.98. The molecule has 2 saturated heterocycles. The lowest BCUT2D eigenvalue weighted by atomic mass is 9.98. The second kappa shape index (κ2) is 19.6. The number of carbonyl (C=O) groups excluding carboxylic acids is 2. The number of carbonyl (C=O) groups is 2. The summed E-state index contributed by atoms with van der Waals surface area (Å²) in [5.41, 5.74) is 8.97. The Labute approximate surface area is 276 Å². The van der Waals surface area contributed by atoms with Crippen LogP contribution in [0.3, 0.4) is 0 Å². The van der Waals surface area contributed by atoms with Gasteiger partial charge in [0.1, 0.15) is 54.5 Å². The lowest BCUT2D eigenvalue weighted by Gasteiger charge is -2.43. The summed E-state index contributed by atoms with van der Waals surface area (Å²) in [6.45, 7) is 1.64. The van der Waals surface area contributed by atoms with Gasteiger partial charge in [0.25, 0.3) is 0 Å². The number of hydrogen-bond acceptors (Lipinski definition) is 16. The second-order valence-corrected chi connectivity index (χ2v) is 10.9. The van der Waals surface area contributed by atoms with Crippen molar-refractivity contribution in [3.05, 3.63) is 40.3 Å². The molecule has 0 spiro atoms. The predicted molar refractivity (Wildman–Crippen MR) is 160 cm³/mol. The molecule has 270 valence electrons. The lowest BCUT2D eigenvalue weighted by molar-refractivity contribution is -0.328. The van der Waals surface area contributed by atoms with Gasteiger partial charge in [-0.15, -0.1) is 0 Å². The summed E-state index contributed by atoms with van der Waals surface area (Å²) in [7, 11) is 2.56. The van der Waals surface area contributed by atoms with E-state index in [-0.39, 0.29) is 19.6 Å². The molecule has 2 aliphatic rings. The number of methoxy groups -OCH3 is 2. The van der Waals surface area contributed by atoms with E-state index in [9.17, 15) is 35.1 Å². The van der Waals surface area contributed by atoms with Crippen LogP contribution in [0.4, 0.5) is 4.79 Å². The number of hydrogen-bond donors (Lipinski definition) is 6. The molecule has 19 nitrogen and oxygen atoms in total. The number of ether oxygens (including phenoxy) is 8. The van der Waals surface area contributed by atoms with E-state index in [1.54, 1.807) is 31.2 Å². The average Bonchev–Trinajstić information content (AvgIpc) is 3.07. The van der Waals surface area contributed by atoms with Gasteiger partial charge in [-0.25, -0.2) is 9.59 Å². The minimum atomic E-state index is -1.71. The first-order chi connectivity index (χ1) is 23.0. The number of rotatable bonds is 17. The van der Waals surface area contributed by atoms with Crippen molar-refractivity contribution >= 4 is 12.1 Å². The number of aliphatic hydroxyl groups is 5. The van der Waals surface area contributed by atoms with Gasteiger partial charge in [0.2, 0.25) is 0 Å². The van der Waals surface area contributed by atoms with Gasteiger partial charge in [0.05, 0.1) is 26.4 Å². The van der Waals surface area contributed by atoms with Gasteiger partial charge in [-0.3, -0.25) is 0 Å². The van der Waals surface area contributed by atoms with Gasteiger partial charge in [-0.2, -0.15) is 0 Å². The molecule has 2 heterocycles. The molecular weight excluding hydrogens is 644 g/mol. The summed E-state index contributed by atoms with van der Waals surface area (Å²) in [5.74, 6) is -0.214. The largest absolute Gasteiger partial charge is 0.494 e. The molecular formula is C29H44N4O15. The fourth-order valence-electron chi connectivity index (χ4n) is 4.98. The predicted octanol–water partition coefficient (Wildman–Crippen LogP) is -1.10. The Morgan fingerprint density at radius 2 is 1.65 bits per heavy atom. The summed E-state index contributed by atoms with van der Waals surface area (Å²) in [6, 6.07) is 5.50. The molecule has 0 aliphatic carbocycles. The first kappa shape index (κ1) is 39.1. The van der Waals surface area contributed by atoms with E-state index >= 15 is 0 Å². The Hall–Kier alpha value is -3.33. The van der Waals surface area contributed by atoms with E-state index in [1.807, 2.05) is 0 Å². The van der Waals surface area contributed by atoms with Gasteiger partial charge in [0, 0.05) is 32.1 Å². The zero-order chi connectivity index (χ0) is 35.2. The van der Waals surface area contributed by atoms with Crippen molar-refractivity contribution in [3.63, 3.8) is 0 Å². The number of alkyl carbamates (subject to hydrolysis) is 1. The van der Waals surface area contributed by atoms with E-state index in [0.717, 1.165) is 0 Å². The molecule has 3 rings (SSSR count). The number of benzene rings is 1. The first-order valence-electron chi connectivity index (χ1n) is 15.2. The molecule has 0 saturated carbocycles. The maximum atomic E-state index is 13.0. The molecule has 1 amide bonds. The molecule has 1 aromatic carbocycles. The number of nitrogens with zero attached hydrogens (tertiary/aromatic N) is 3. The van der Waals surface area contributed by atoms with Crippen molar-refractivity contribution < 1.29 is 73.0 Å². The normalized spacial score (nSPS) is 30.8. The highest BCUT2D eigenvalue weighted by Crippen LogP contribution is 2.27. The van der Waals surface area contributed by atoms with E-state index in [1.165, 1.54) is 14.2 Å². The molecule has 4 unspecified atom stereocenters. The zero-order valence-corrected chi connectivity index (χ0v) is 26.8. The number of azide groups is 1. The summed E-state index contributed by atoms with van der Waals surface area (Å²) in [4.78, 5) is 28.4. The van der Waals surface area contributed by atoms with E-state index in [2.05, 4.69) is 15.3 Å². The molecule has 48 heavy (non-hydrogen) atoms. The van der Waals surface area contributed by atoms with E-state index in [0.29, 0.717) is 30.9 Å². The molecule has 0 radical (unpaired) electrons. The molecule has 0 aromatic heterocycles. The minimum Gasteiger partial charge on any atom is -0.494 e. The average molecular weight is 689 g/mol. The van der Waals surface area contributed by atoms with Crippen LogP contribution >= 0.6 is 0 Å². The summed E-state index contributed by atoms with van der Waals surface area (Å²) in [5, 5.41) is 58.3. The quantitative estimate of drug-likeness (QED) is 0.0373. The Balaban J connectivity index is 1.64. The maximum Gasteiger partial charge on any atom is 0.408 e. The molecule has 11 atom stereocenters. The van der Waals surface area contributed by atoms with Crippen molar-refractivity contribution in [2.24, 2.45) is 5.11 Å². The summed E-state index contributed by atoms with van der Waals surface area (Å²) in [6.07, 6.45) is -15.6. The minimum absolute atomic E-state index is 0.00449. The van der Waals surface area contributed by atoms with Crippen LogP contribution in [0.5, 0.6) is 5.75 Å². The standard InChI is InChI=1S/C29H44N4O15/c1-4-43-26(39)17(12-15-6-8-16(9-7-15)44-11-5-10-31-33-30)32-29(40)48-25-21(35)19(46-27(42-3)24(25)38)14-45-28-23(37)22(36)20(34)18(47-28)13-41-2/h6-9,17-25,27-28,34-38H,4-5,10-14H2,1-3H3,(H,32,40)/t17-,18?,19?,20+,21+,22-,23?,24?,25-,27-,28+/m0/s1. The van der Waals surface area contributed by atoms with Crippen molar-refractivity contribution in [2.45, 2.75) is 87.2 Å². The SMILES string of the molecule is CCOC(=O)[C@H](Cc1ccc(OCCCN=[N+]=[N-])cc1)NC(=O)O[C@@H]1C(O)[C@@H](OC)OC(CO[C@@H]2OC(COC)[C@@H](O)[C@H](O)C2O)[C@H]1O. The first-order valence-corrected chi connectivity index (χ1v) is 15.2. The summed E-state index contributed by atoms with van der Waals surface area (Å²) < 4.78 is 42.8. The fraction of sp³-hybridized carbons (Fsp3) is 0.724. The Bertz CT molecular complexity index is 1190. The Morgan fingerprint density at radius 1 is 0.958 bits per heavy atom. The van der Waals surface area contributed by atoms with Crippen LogP contribution in [0, 0.1) is 0 Å². The summed E-state index contributed by atoms with van der Waals surface area (Å²) >= 11 is 0. The number of nitrogens with one attached hydrogen (secondary N) is 1. The van der Waals surface area contributed by atoms with Gasteiger partial charge in [-0.05, 0) is 36.6 Å². The van der Waals surface area contributed by atoms with Crippen molar-refractivity contribution in [1.29, 1.82) is 0 Å². The van der Waals surface area contributed by atoms with Gasteiger partial charge < -0.3 is 68.7 Å². The van der Waals surface area contributed by atoms with Crippen molar-refractivity contribution in [3.8, 4) is 5.75 Å². The van der Waals surface area contributed by atoms with E-state index in [4.69, 9.17) is 43.4 Å². The third-order valence-electron chi connectivity index (χ3n) is 7.50. The smallest absolute Gasteiger partial charge is 0.408 e. The molecule has 0 bridgehead atoms. The lowest BCUT2D eigenvalue weighted by Crippen LogP contribution is -2.62. The topological polar surface area (TPSA) is 270 Å². The highest BCUT2D eigenvalue weighted by atomic mass is 16.7. The van der Waals surface area contributed by atoms with Crippen LogP contribution in [0.15, 0.2) is 29.4 Å². The number of esters is 1. The van der Waals surface area contributed by atoms with Gasteiger partial charge >= 0.3 is 12.1 Å². The van der Waals surface area contributed by atoms with Gasteiger partial charge in [0.15, 0.2) is 18.7 Å². The molecule has 19 heteroatoms. The van der Waals surface area contributed by atoms with Crippen LogP contribution in [0.25, 0.3) is 10.4 Å². The van der Waals surface area contributed by atoms with E-state index < -0.39 is 86.1 Å². The highest BCUT2D eigenvalue weighted by Gasteiger charge is 2.49. The molecule has 2 fully saturated rings. The number of amides is 1. The Kier molecular flexibility index (Phi) is 16.0. The van der Waals surface area contributed by atoms with Crippen LogP contribution in [-0.2, 0) is 44.4 Å². The number of aliphatic hydroxyl groups excluding tert-OH is 5. The molecule has 1 aromatic rings. The molecule has 6 N–H and O–H groups in total. The zero-order valence-electron chi connectivity index (χ0n) is 26.8. The van der Waals surface area contributed by atoms with Gasteiger partial charge in [-0.1, -0.05) is 17.2 Å². The maximum absolute atomic E-state index is 13.0. The van der Waals surface area contributed by atoms with Crippen LogP contribution in [0.2, 0.25) is 0 Å². The van der Waals surface area contributed by atoms with Crippen LogP contribution in [0.1, 0.15) is 18.9 Å². The molecule has 2 aliphatic heterocycles. The van der Waals surface area contributed by atoms with Crippen molar-refractivity contribution in [1.82, 2.24) is 5.32 Å². The highest BCUT2D eigenvalue weighted by molar-refractivity contribution is 5.81. The van der Waals surface area contributed by atoms with Crippen LogP contribution in [-0.4, -0.2) is 152 Å².